The third-order valence-corrected chi connectivity index (χ3v) is 3.38. The Morgan fingerprint density at radius 1 is 1.32 bits per heavy atom. The molecule has 0 saturated heterocycles. The van der Waals surface area contributed by atoms with Crippen molar-refractivity contribution >= 4 is 11.0 Å². The molecule has 0 aliphatic heterocycles. The van der Waals surface area contributed by atoms with Crippen molar-refractivity contribution in [2.45, 2.75) is 47.2 Å². The molecule has 104 valence electrons. The molecule has 0 aromatic carbocycles. The highest BCUT2D eigenvalue weighted by Gasteiger charge is 2.13. The zero-order valence-corrected chi connectivity index (χ0v) is 12.5. The number of nitrogens with zero attached hydrogens (tertiary/aromatic N) is 2. The monoisotopic (exact) mass is 259 g/mol. The first-order valence-electron chi connectivity index (χ1n) is 7.15. The van der Waals surface area contributed by atoms with Crippen molar-refractivity contribution in [1.82, 2.24) is 14.9 Å². The molecule has 0 radical (unpaired) electrons. The lowest BCUT2D eigenvalue weighted by Crippen LogP contribution is -2.11. The molecule has 0 fully saturated rings. The van der Waals surface area contributed by atoms with Gasteiger partial charge in [-0.25, -0.2) is 4.98 Å². The lowest BCUT2D eigenvalue weighted by molar-refractivity contribution is 0.352. The summed E-state index contributed by atoms with van der Waals surface area (Å²) in [4.78, 5) is 4.55. The van der Waals surface area contributed by atoms with Crippen molar-refractivity contribution in [3.8, 4) is 0 Å². The van der Waals surface area contributed by atoms with Crippen molar-refractivity contribution in [3.63, 3.8) is 0 Å². The van der Waals surface area contributed by atoms with Gasteiger partial charge in [0.2, 0.25) is 0 Å². The molecule has 0 bridgehead atoms. The van der Waals surface area contributed by atoms with Gasteiger partial charge in [0.1, 0.15) is 5.65 Å². The molecular weight excluding hydrogens is 234 g/mol. The van der Waals surface area contributed by atoms with Crippen LogP contribution in [-0.2, 0) is 13.1 Å². The molecule has 0 aliphatic carbocycles. The van der Waals surface area contributed by atoms with Crippen molar-refractivity contribution in [2.24, 2.45) is 5.41 Å². The Bertz CT molecular complexity index is 534. The lowest BCUT2D eigenvalue weighted by atomic mass is 9.92. The Hall–Kier alpha value is -1.35. The largest absolute Gasteiger partial charge is 0.332 e. The van der Waals surface area contributed by atoms with Gasteiger partial charge in [-0.05, 0) is 36.1 Å². The maximum atomic E-state index is 4.55. The molecule has 0 amide bonds. The van der Waals surface area contributed by atoms with E-state index in [-0.39, 0.29) is 0 Å². The van der Waals surface area contributed by atoms with E-state index >= 15 is 0 Å². The number of rotatable bonds is 5. The molecule has 1 N–H and O–H groups in total. The van der Waals surface area contributed by atoms with E-state index in [2.05, 4.69) is 54.8 Å². The van der Waals surface area contributed by atoms with Crippen LogP contribution >= 0.6 is 0 Å². The summed E-state index contributed by atoms with van der Waals surface area (Å²) in [5.74, 6) is 0. The quantitative estimate of drug-likeness (QED) is 0.889. The standard InChI is InChI=1S/C16H25N3/c1-5-17-11-13-12-19(10-8-16(2,3)4)15-14(13)7-6-9-18-15/h6-7,9,12,17H,5,8,10-11H2,1-4H3. The topological polar surface area (TPSA) is 29.9 Å². The van der Waals surface area contributed by atoms with Crippen LogP contribution in [0.4, 0.5) is 0 Å². The minimum absolute atomic E-state index is 0.354. The fourth-order valence-electron chi connectivity index (χ4n) is 2.22. The summed E-state index contributed by atoms with van der Waals surface area (Å²) in [5.41, 5.74) is 2.81. The third kappa shape index (κ3) is 3.57. The average Bonchev–Trinajstić information content (AvgIpc) is 2.72. The Morgan fingerprint density at radius 3 is 2.79 bits per heavy atom. The molecule has 0 spiro atoms. The van der Waals surface area contributed by atoms with Gasteiger partial charge in [-0.1, -0.05) is 27.7 Å². The summed E-state index contributed by atoms with van der Waals surface area (Å²) in [6.07, 6.45) is 5.30. The van der Waals surface area contributed by atoms with Gasteiger partial charge in [0.25, 0.3) is 0 Å². The van der Waals surface area contributed by atoms with E-state index in [4.69, 9.17) is 0 Å². The van der Waals surface area contributed by atoms with Crippen LogP contribution in [0.2, 0.25) is 0 Å². The van der Waals surface area contributed by atoms with Gasteiger partial charge in [-0.2, -0.15) is 0 Å². The van der Waals surface area contributed by atoms with Gasteiger partial charge in [-0.3, -0.25) is 0 Å². The highest BCUT2D eigenvalue weighted by molar-refractivity contribution is 5.80. The normalized spacial score (nSPS) is 12.2. The molecule has 19 heavy (non-hydrogen) atoms. The molecule has 0 unspecified atom stereocenters. The molecule has 2 aromatic rings. The van der Waals surface area contributed by atoms with E-state index in [0.717, 1.165) is 31.7 Å². The van der Waals surface area contributed by atoms with Gasteiger partial charge in [-0.15, -0.1) is 0 Å². The van der Waals surface area contributed by atoms with Crippen LogP contribution in [0.5, 0.6) is 0 Å². The summed E-state index contributed by atoms with van der Waals surface area (Å²) in [5, 5.41) is 4.68. The molecular formula is C16H25N3. The Labute approximate surface area is 116 Å². The van der Waals surface area contributed by atoms with E-state index in [1.165, 1.54) is 10.9 Å². The summed E-state index contributed by atoms with van der Waals surface area (Å²) >= 11 is 0. The van der Waals surface area contributed by atoms with Crippen LogP contribution in [0.25, 0.3) is 11.0 Å². The lowest BCUT2D eigenvalue weighted by Gasteiger charge is -2.18. The number of nitrogens with one attached hydrogen (secondary N) is 1. The van der Waals surface area contributed by atoms with E-state index in [1.807, 2.05) is 12.3 Å². The first-order chi connectivity index (χ1) is 9.01. The number of aromatic nitrogens is 2. The number of hydrogen-bond donors (Lipinski definition) is 1. The summed E-state index contributed by atoms with van der Waals surface area (Å²) in [6.45, 7) is 11.9. The molecule has 3 nitrogen and oxygen atoms in total. The summed E-state index contributed by atoms with van der Waals surface area (Å²) in [7, 11) is 0. The molecule has 0 aliphatic rings. The van der Waals surface area contributed by atoms with Crippen molar-refractivity contribution < 1.29 is 0 Å². The summed E-state index contributed by atoms with van der Waals surface area (Å²) < 4.78 is 2.30. The van der Waals surface area contributed by atoms with Gasteiger partial charge in [0.15, 0.2) is 0 Å². The Balaban J connectivity index is 2.28. The second-order valence-corrected chi connectivity index (χ2v) is 6.31. The molecule has 2 aromatic heterocycles. The first kappa shape index (κ1) is 14.1. The minimum atomic E-state index is 0.354. The van der Waals surface area contributed by atoms with E-state index in [1.54, 1.807) is 0 Å². The van der Waals surface area contributed by atoms with Crippen LogP contribution in [0.1, 0.15) is 39.7 Å². The highest BCUT2D eigenvalue weighted by atomic mass is 15.0. The fraction of sp³-hybridized carbons (Fsp3) is 0.562. The highest BCUT2D eigenvalue weighted by Crippen LogP contribution is 2.24. The SMILES string of the molecule is CCNCc1cn(CCC(C)(C)C)c2ncccc12. The number of aryl methyl sites for hydroxylation is 1. The van der Waals surface area contributed by atoms with Gasteiger partial charge < -0.3 is 9.88 Å². The van der Waals surface area contributed by atoms with E-state index in [9.17, 15) is 0 Å². The van der Waals surface area contributed by atoms with Crippen molar-refractivity contribution in [1.29, 1.82) is 0 Å². The van der Waals surface area contributed by atoms with Gasteiger partial charge >= 0.3 is 0 Å². The summed E-state index contributed by atoms with van der Waals surface area (Å²) in [6, 6.07) is 4.19. The number of hydrogen-bond acceptors (Lipinski definition) is 2. The predicted octanol–water partition coefficient (Wildman–Crippen LogP) is 3.58. The second kappa shape index (κ2) is 5.74. The molecule has 0 atom stereocenters. The van der Waals surface area contributed by atoms with Crippen LogP contribution in [0.15, 0.2) is 24.5 Å². The average molecular weight is 259 g/mol. The molecule has 3 heteroatoms. The Morgan fingerprint density at radius 2 is 2.11 bits per heavy atom. The second-order valence-electron chi connectivity index (χ2n) is 6.31. The molecule has 2 rings (SSSR count). The zero-order chi connectivity index (χ0) is 13.9. The maximum Gasteiger partial charge on any atom is 0.140 e. The molecule has 0 saturated carbocycles. The van der Waals surface area contributed by atoms with Crippen LogP contribution < -0.4 is 5.32 Å². The fourth-order valence-corrected chi connectivity index (χ4v) is 2.22. The number of fused-ring (bicyclic) bond motifs is 1. The molecule has 2 heterocycles. The van der Waals surface area contributed by atoms with E-state index < -0.39 is 0 Å². The van der Waals surface area contributed by atoms with Crippen LogP contribution in [-0.4, -0.2) is 16.1 Å². The number of pyridine rings is 1. The predicted molar refractivity (Wildman–Crippen MR) is 81.2 cm³/mol. The van der Waals surface area contributed by atoms with Gasteiger partial charge in [0.05, 0.1) is 0 Å². The minimum Gasteiger partial charge on any atom is -0.332 e. The van der Waals surface area contributed by atoms with Crippen LogP contribution in [0, 0.1) is 5.41 Å². The van der Waals surface area contributed by atoms with Crippen molar-refractivity contribution in [3.05, 3.63) is 30.1 Å². The third-order valence-electron chi connectivity index (χ3n) is 3.38. The van der Waals surface area contributed by atoms with Crippen LogP contribution in [0.3, 0.4) is 0 Å². The Kier molecular flexibility index (Phi) is 4.25. The van der Waals surface area contributed by atoms with Gasteiger partial charge in [0, 0.05) is 30.9 Å². The first-order valence-corrected chi connectivity index (χ1v) is 7.15. The van der Waals surface area contributed by atoms with E-state index in [0.29, 0.717) is 5.41 Å². The van der Waals surface area contributed by atoms with Crippen molar-refractivity contribution in [2.75, 3.05) is 6.54 Å². The maximum absolute atomic E-state index is 4.55. The smallest absolute Gasteiger partial charge is 0.140 e. The zero-order valence-electron chi connectivity index (χ0n) is 12.5.